The van der Waals surface area contributed by atoms with Crippen LogP contribution in [0.3, 0.4) is 0 Å². The van der Waals surface area contributed by atoms with E-state index in [0.717, 1.165) is 0 Å². The first kappa shape index (κ1) is 23.9. The molecule has 0 radical (unpaired) electrons. The molecule has 4 N–H and O–H groups in total. The molecule has 0 saturated heterocycles. The zero-order valence-electron chi connectivity index (χ0n) is 17.1. The molecule has 0 amide bonds. The first-order valence-electron chi connectivity index (χ1n) is 9.15. The summed E-state index contributed by atoms with van der Waals surface area (Å²) in [6.07, 6.45) is 0. The van der Waals surface area contributed by atoms with Gasteiger partial charge in [0.05, 0.1) is 16.3 Å². The van der Waals surface area contributed by atoms with E-state index in [-0.39, 0.29) is 75.3 Å². The smallest absolute Gasteiger partial charge is 0.676 e. The van der Waals surface area contributed by atoms with E-state index in [1.54, 1.807) is 24.3 Å². The van der Waals surface area contributed by atoms with Gasteiger partial charge in [-0.3, -0.25) is 14.4 Å². The minimum Gasteiger partial charge on any atom is -0.676 e. The number of aliphatic imine (C=N–C) groups is 1. The van der Waals surface area contributed by atoms with E-state index < -0.39 is 17.3 Å². The van der Waals surface area contributed by atoms with E-state index in [4.69, 9.17) is 5.21 Å². The number of hydrogen-bond acceptors (Lipinski definition) is 8. The third-order valence-corrected chi connectivity index (χ3v) is 4.72. The largest absolute Gasteiger partial charge is 1.00 e. The Morgan fingerprint density at radius 3 is 2.06 bits per heavy atom. The normalized spacial score (nSPS) is 14.9. The van der Waals surface area contributed by atoms with Gasteiger partial charge in [0.25, 0.3) is 22.3 Å². The molecule has 11 nitrogen and oxygen atoms in total. The van der Waals surface area contributed by atoms with E-state index in [1.165, 1.54) is 24.3 Å². The SMILES string of the molecule is O=C1C(=O)C(=Nc2ccc(C[N-]C3=C(Nc4ccc([N+](=O)O)cc4)C(O)=C3O)cc2)C1=O.[Na+]. The number of nitrogens with one attached hydrogen (secondary N) is 1. The summed E-state index contributed by atoms with van der Waals surface area (Å²) >= 11 is 0. The maximum absolute atomic E-state index is 11.3. The van der Waals surface area contributed by atoms with Crippen LogP contribution in [0.4, 0.5) is 17.1 Å². The molecule has 160 valence electrons. The maximum atomic E-state index is 11.3. The molecular formula is C21H14N4NaO7+. The Morgan fingerprint density at radius 2 is 1.48 bits per heavy atom. The minimum absolute atomic E-state index is 0. The van der Waals surface area contributed by atoms with Crippen LogP contribution in [0, 0.1) is 4.91 Å². The molecule has 33 heavy (non-hydrogen) atoms. The van der Waals surface area contributed by atoms with Crippen LogP contribution >= 0.6 is 0 Å². The maximum Gasteiger partial charge on any atom is 1.00 e. The molecule has 2 aromatic rings. The fraction of sp³-hybridized carbons (Fsp3) is 0.0476. The first-order chi connectivity index (χ1) is 15.3. The third-order valence-electron chi connectivity index (χ3n) is 4.72. The Morgan fingerprint density at radius 1 is 0.879 bits per heavy atom. The van der Waals surface area contributed by atoms with Crippen molar-refractivity contribution in [3.63, 3.8) is 0 Å². The van der Waals surface area contributed by atoms with E-state index in [9.17, 15) is 29.5 Å². The van der Waals surface area contributed by atoms with Crippen LogP contribution in [-0.2, 0) is 20.9 Å². The van der Waals surface area contributed by atoms with Crippen molar-refractivity contribution in [2.45, 2.75) is 6.54 Å². The molecule has 12 heteroatoms. The molecule has 1 saturated carbocycles. The second-order valence-corrected chi connectivity index (χ2v) is 6.80. The Balaban J connectivity index is 0.00000306. The van der Waals surface area contributed by atoms with Gasteiger partial charge in [-0.1, -0.05) is 23.4 Å². The Bertz CT molecular complexity index is 1260. The zero-order valence-corrected chi connectivity index (χ0v) is 19.1. The van der Waals surface area contributed by atoms with Crippen LogP contribution < -0.4 is 34.9 Å². The van der Waals surface area contributed by atoms with Crippen molar-refractivity contribution >= 4 is 40.1 Å². The number of carbonyl (C=O) groups is 3. The second kappa shape index (κ2) is 9.36. The van der Waals surface area contributed by atoms with Gasteiger partial charge in [0, 0.05) is 17.8 Å². The average molecular weight is 457 g/mol. The molecule has 0 aromatic heterocycles. The van der Waals surface area contributed by atoms with Crippen molar-refractivity contribution in [2.75, 3.05) is 5.32 Å². The van der Waals surface area contributed by atoms with Gasteiger partial charge in [0.15, 0.2) is 11.5 Å². The van der Waals surface area contributed by atoms with Crippen LogP contribution in [0.25, 0.3) is 5.32 Å². The van der Waals surface area contributed by atoms with E-state index in [1.807, 2.05) is 0 Å². The number of aliphatic hydroxyl groups is 2. The van der Waals surface area contributed by atoms with Crippen molar-refractivity contribution in [3.05, 3.63) is 87.2 Å². The second-order valence-electron chi connectivity index (χ2n) is 6.80. The molecule has 0 unspecified atom stereocenters. The van der Waals surface area contributed by atoms with Crippen molar-refractivity contribution in [1.82, 2.24) is 0 Å². The average Bonchev–Trinajstić information content (AvgIpc) is 2.82. The zero-order chi connectivity index (χ0) is 23.0. The van der Waals surface area contributed by atoms with Crippen molar-refractivity contribution in [1.29, 1.82) is 0 Å². The number of ketones is 3. The Hall–Kier alpha value is -3.80. The predicted octanol–water partition coefficient (Wildman–Crippen LogP) is -0.178. The fourth-order valence-corrected chi connectivity index (χ4v) is 2.92. The summed E-state index contributed by atoms with van der Waals surface area (Å²) in [6.45, 7) is 0.139. The molecule has 0 spiro atoms. The topological polar surface area (TPSA) is 170 Å². The molecule has 4 rings (SSSR count). The number of carbonyl (C=O) groups excluding carboxylic acids is 3. The summed E-state index contributed by atoms with van der Waals surface area (Å²) in [5.41, 5.74) is 1.50. The van der Waals surface area contributed by atoms with Crippen LogP contribution in [-0.4, -0.2) is 43.4 Å². The number of hydrogen-bond donors (Lipinski definition) is 4. The first-order valence-corrected chi connectivity index (χ1v) is 9.15. The van der Waals surface area contributed by atoms with Gasteiger partial charge in [0.2, 0.25) is 0 Å². The Labute approximate surface area is 208 Å². The predicted molar refractivity (Wildman–Crippen MR) is 110 cm³/mol. The summed E-state index contributed by atoms with van der Waals surface area (Å²) in [5, 5.41) is 35.8. The van der Waals surface area contributed by atoms with Crippen LogP contribution in [0.1, 0.15) is 5.56 Å². The van der Waals surface area contributed by atoms with E-state index in [0.29, 0.717) is 16.9 Å². The summed E-state index contributed by atoms with van der Waals surface area (Å²) < 4.78 is 0. The number of aliphatic hydroxyl groups excluding tert-OH is 2. The van der Waals surface area contributed by atoms with Gasteiger partial charge in [0.1, 0.15) is 5.76 Å². The number of benzene rings is 2. The molecule has 0 bridgehead atoms. The number of anilines is 1. The minimum atomic E-state index is -1.06. The van der Waals surface area contributed by atoms with E-state index in [2.05, 4.69) is 15.6 Å². The number of rotatable bonds is 7. The number of nitrogens with zero attached hydrogens (tertiary/aromatic N) is 3. The van der Waals surface area contributed by atoms with Crippen molar-refractivity contribution < 1.29 is 64.3 Å². The molecule has 0 aliphatic heterocycles. The molecule has 0 atom stereocenters. The standard InChI is InChI=1S/C21H14N4O7.Na/c26-17-14(15(18(17)27)23-12-5-7-13(8-6-12)25(31)32)22-9-10-1-3-11(4-2-10)24-16-19(28)21(30)20(16)29;/h1-8H,9H2,(H4-,22,23,24,26,27,28,29,30,31,32);/q;+1. The summed E-state index contributed by atoms with van der Waals surface area (Å²) in [7, 11) is 0. The number of Topliss-reactive ketones (excluding diaryl/α,β-unsaturated/α-hetero) is 3. The summed E-state index contributed by atoms with van der Waals surface area (Å²) in [6, 6.07) is 12.1. The van der Waals surface area contributed by atoms with Crippen LogP contribution in [0.2, 0.25) is 0 Å². The Kier molecular flexibility index (Phi) is 6.77. The molecule has 1 fully saturated rings. The summed E-state index contributed by atoms with van der Waals surface area (Å²) in [5.74, 6) is -3.60. The quantitative estimate of drug-likeness (QED) is 0.252. The molecule has 2 aliphatic carbocycles. The van der Waals surface area contributed by atoms with Crippen molar-refractivity contribution in [2.24, 2.45) is 4.99 Å². The summed E-state index contributed by atoms with van der Waals surface area (Å²) in [4.78, 5) is 48.0. The van der Waals surface area contributed by atoms with Crippen LogP contribution in [0.5, 0.6) is 0 Å². The third kappa shape index (κ3) is 4.55. The van der Waals surface area contributed by atoms with Gasteiger partial charge < -0.3 is 20.8 Å². The van der Waals surface area contributed by atoms with Gasteiger partial charge >= 0.3 is 35.2 Å². The van der Waals surface area contributed by atoms with Gasteiger partial charge in [-0.15, -0.1) is 6.54 Å². The van der Waals surface area contributed by atoms with Crippen LogP contribution in [0.15, 0.2) is 76.4 Å². The monoisotopic (exact) mass is 457 g/mol. The van der Waals surface area contributed by atoms with Gasteiger partial charge in [-0.25, -0.2) is 10.2 Å². The molecule has 2 aromatic carbocycles. The van der Waals surface area contributed by atoms with Gasteiger partial charge in [-0.2, -0.15) is 0 Å². The molecular weight excluding hydrogens is 443 g/mol. The molecule has 0 heterocycles. The van der Waals surface area contributed by atoms with E-state index >= 15 is 0 Å². The fourth-order valence-electron chi connectivity index (χ4n) is 2.92. The van der Waals surface area contributed by atoms with Crippen molar-refractivity contribution in [3.8, 4) is 0 Å². The van der Waals surface area contributed by atoms with Gasteiger partial charge in [-0.05, 0) is 24.3 Å². The molecule has 2 aliphatic rings.